The van der Waals surface area contributed by atoms with Gasteiger partial charge in [0.25, 0.3) is 0 Å². The lowest BCUT2D eigenvalue weighted by molar-refractivity contribution is 0.529. The van der Waals surface area contributed by atoms with Crippen molar-refractivity contribution in [3.05, 3.63) is 0 Å². The molecule has 1 nitrogen and oxygen atoms in total. The minimum absolute atomic E-state index is 0.807. The van der Waals surface area contributed by atoms with Crippen LogP contribution in [-0.2, 0) is 0 Å². The highest BCUT2D eigenvalue weighted by molar-refractivity contribution is 7.80. The minimum Gasteiger partial charge on any atom is -0.308 e. The Kier molecular flexibility index (Phi) is 7.65. The predicted molar refractivity (Wildman–Crippen MR) is 50.5 cm³/mol. The van der Waals surface area contributed by atoms with E-state index in [0.717, 1.165) is 18.3 Å². The van der Waals surface area contributed by atoms with Gasteiger partial charge in [0.15, 0.2) is 0 Å². The van der Waals surface area contributed by atoms with Crippen molar-refractivity contribution in [2.75, 3.05) is 12.4 Å². The second-order valence-electron chi connectivity index (χ2n) is 3.05. The summed E-state index contributed by atoms with van der Waals surface area (Å²) in [5.74, 6) is 1.66. The van der Waals surface area contributed by atoms with Crippen molar-refractivity contribution in [3.8, 4) is 0 Å². The molecule has 0 radical (unpaired) electrons. The van der Waals surface area contributed by atoms with Crippen LogP contribution >= 0.6 is 12.6 Å². The number of hydrogen-bond acceptors (Lipinski definition) is 2. The fraction of sp³-hybridized carbons (Fsp3) is 1.00. The van der Waals surface area contributed by atoms with E-state index in [1.165, 1.54) is 19.3 Å². The summed E-state index contributed by atoms with van der Waals surface area (Å²) >= 11 is 4.05. The number of unbranched alkanes of at least 4 members (excludes halogenated alkanes) is 1. The van der Waals surface area contributed by atoms with Gasteiger partial charge in [-0.2, -0.15) is 12.6 Å². The van der Waals surface area contributed by atoms with E-state index in [0.29, 0.717) is 0 Å². The summed E-state index contributed by atoms with van der Waals surface area (Å²) in [4.78, 5) is 0. The first kappa shape index (κ1) is 10.3. The second kappa shape index (κ2) is 7.42. The number of nitrogens with one attached hydrogen (secondary N) is 1. The first-order valence-electron chi connectivity index (χ1n) is 4.09. The molecule has 0 aromatic heterocycles. The van der Waals surface area contributed by atoms with Crippen LogP contribution in [0.25, 0.3) is 0 Å². The van der Waals surface area contributed by atoms with E-state index in [-0.39, 0.29) is 0 Å². The molecule has 2 heteroatoms. The van der Waals surface area contributed by atoms with E-state index in [1.54, 1.807) is 0 Å². The normalized spacial score (nSPS) is 10.8. The van der Waals surface area contributed by atoms with Gasteiger partial charge in [-0.25, -0.2) is 0 Å². The zero-order valence-electron chi connectivity index (χ0n) is 7.06. The zero-order chi connectivity index (χ0) is 7.82. The molecule has 0 aromatic carbocycles. The zero-order valence-corrected chi connectivity index (χ0v) is 7.95. The van der Waals surface area contributed by atoms with Gasteiger partial charge >= 0.3 is 0 Å². The summed E-state index contributed by atoms with van der Waals surface area (Å²) < 4.78 is 0. The number of thiol groups is 1. The van der Waals surface area contributed by atoms with Crippen LogP contribution in [0.5, 0.6) is 0 Å². The summed E-state index contributed by atoms with van der Waals surface area (Å²) in [5, 5.41) is 3.19. The number of rotatable bonds is 6. The molecule has 0 amide bonds. The fourth-order valence-electron chi connectivity index (χ4n) is 0.882. The van der Waals surface area contributed by atoms with Crippen LogP contribution in [0.15, 0.2) is 0 Å². The van der Waals surface area contributed by atoms with Gasteiger partial charge in [0.1, 0.15) is 0 Å². The van der Waals surface area contributed by atoms with Gasteiger partial charge in [-0.05, 0) is 18.9 Å². The Bertz CT molecular complexity index is 64.3. The van der Waals surface area contributed by atoms with Crippen molar-refractivity contribution in [3.63, 3.8) is 0 Å². The lowest BCUT2D eigenvalue weighted by Crippen LogP contribution is -2.12. The van der Waals surface area contributed by atoms with Crippen LogP contribution in [-0.4, -0.2) is 12.4 Å². The molecule has 0 aliphatic rings. The molecule has 0 aromatic rings. The Labute approximate surface area is 70.0 Å². The Morgan fingerprint density at radius 2 is 2.00 bits per heavy atom. The van der Waals surface area contributed by atoms with Gasteiger partial charge in [-0.3, -0.25) is 0 Å². The van der Waals surface area contributed by atoms with E-state index in [4.69, 9.17) is 0 Å². The predicted octanol–water partition coefficient (Wildman–Crippen LogP) is 2.29. The van der Waals surface area contributed by atoms with Crippen molar-refractivity contribution in [1.29, 1.82) is 0 Å². The van der Waals surface area contributed by atoms with E-state index in [9.17, 15) is 0 Å². The quantitative estimate of drug-likeness (QED) is 0.346. The average molecular weight is 161 g/mol. The maximum Gasteiger partial charge on any atom is 0.0387 e. The molecule has 0 fully saturated rings. The highest BCUT2D eigenvalue weighted by Crippen LogP contribution is 2.04. The maximum atomic E-state index is 4.05. The standard InChI is InChI=1S/C8H19NS/c1-8(2)5-3-4-6-9-7-10/h8-10H,3-7H2,1-2H3. The third-order valence-corrected chi connectivity index (χ3v) is 1.72. The lowest BCUT2D eigenvalue weighted by Gasteiger charge is -2.03. The Balaban J connectivity index is 2.77. The molecule has 1 N–H and O–H groups in total. The molecular weight excluding hydrogens is 142 g/mol. The van der Waals surface area contributed by atoms with Crippen LogP contribution < -0.4 is 5.32 Å². The van der Waals surface area contributed by atoms with Gasteiger partial charge in [-0.1, -0.05) is 26.7 Å². The molecule has 10 heavy (non-hydrogen) atoms. The highest BCUT2D eigenvalue weighted by atomic mass is 32.1. The van der Waals surface area contributed by atoms with E-state index < -0.39 is 0 Å². The number of hydrogen-bond donors (Lipinski definition) is 2. The van der Waals surface area contributed by atoms with Crippen LogP contribution in [0.1, 0.15) is 33.1 Å². The third kappa shape index (κ3) is 8.31. The molecule has 0 heterocycles. The third-order valence-electron chi connectivity index (χ3n) is 1.50. The van der Waals surface area contributed by atoms with Gasteiger partial charge in [0, 0.05) is 5.88 Å². The fourth-order valence-corrected chi connectivity index (χ4v) is 1.04. The van der Waals surface area contributed by atoms with Crippen molar-refractivity contribution < 1.29 is 0 Å². The Morgan fingerprint density at radius 3 is 2.50 bits per heavy atom. The van der Waals surface area contributed by atoms with Gasteiger partial charge in [-0.15, -0.1) is 0 Å². The summed E-state index contributed by atoms with van der Waals surface area (Å²) in [6, 6.07) is 0. The lowest BCUT2D eigenvalue weighted by atomic mass is 10.1. The van der Waals surface area contributed by atoms with E-state index >= 15 is 0 Å². The van der Waals surface area contributed by atoms with Crippen LogP contribution in [0.2, 0.25) is 0 Å². The van der Waals surface area contributed by atoms with Crippen molar-refractivity contribution in [2.45, 2.75) is 33.1 Å². The first-order valence-corrected chi connectivity index (χ1v) is 4.72. The van der Waals surface area contributed by atoms with Crippen LogP contribution in [0.3, 0.4) is 0 Å². The molecule has 0 unspecified atom stereocenters. The van der Waals surface area contributed by atoms with Crippen molar-refractivity contribution in [2.24, 2.45) is 5.92 Å². The van der Waals surface area contributed by atoms with Gasteiger partial charge in [0.2, 0.25) is 0 Å². The monoisotopic (exact) mass is 161 g/mol. The first-order chi connectivity index (χ1) is 4.77. The van der Waals surface area contributed by atoms with Gasteiger partial charge in [0.05, 0.1) is 0 Å². The molecular formula is C8H19NS. The summed E-state index contributed by atoms with van der Waals surface area (Å²) in [7, 11) is 0. The summed E-state index contributed by atoms with van der Waals surface area (Å²) in [6.45, 7) is 5.66. The molecule has 0 aliphatic heterocycles. The SMILES string of the molecule is CC(C)CCCCNCS. The van der Waals surface area contributed by atoms with Crippen molar-refractivity contribution in [1.82, 2.24) is 5.32 Å². The Morgan fingerprint density at radius 1 is 1.30 bits per heavy atom. The molecule has 0 bridgehead atoms. The summed E-state index contributed by atoms with van der Waals surface area (Å²) in [6.07, 6.45) is 3.99. The Hall–Kier alpha value is 0.310. The molecule has 0 atom stereocenters. The smallest absolute Gasteiger partial charge is 0.0387 e. The summed E-state index contributed by atoms with van der Waals surface area (Å²) in [5.41, 5.74) is 0. The second-order valence-corrected chi connectivity index (χ2v) is 3.36. The topological polar surface area (TPSA) is 12.0 Å². The molecule has 62 valence electrons. The molecule has 0 spiro atoms. The maximum absolute atomic E-state index is 4.05. The molecule has 0 aliphatic carbocycles. The van der Waals surface area contributed by atoms with Crippen LogP contribution in [0.4, 0.5) is 0 Å². The minimum atomic E-state index is 0.807. The van der Waals surface area contributed by atoms with E-state index in [2.05, 4.69) is 31.8 Å². The largest absolute Gasteiger partial charge is 0.308 e. The van der Waals surface area contributed by atoms with E-state index in [1.807, 2.05) is 0 Å². The molecule has 0 rings (SSSR count). The van der Waals surface area contributed by atoms with Gasteiger partial charge < -0.3 is 5.32 Å². The van der Waals surface area contributed by atoms with Crippen LogP contribution in [0, 0.1) is 5.92 Å². The van der Waals surface area contributed by atoms with Crippen molar-refractivity contribution >= 4 is 12.6 Å². The highest BCUT2D eigenvalue weighted by Gasteiger charge is 1.92. The molecule has 0 saturated heterocycles. The molecule has 0 saturated carbocycles. The average Bonchev–Trinajstić information content (AvgIpc) is 1.87.